The summed E-state index contributed by atoms with van der Waals surface area (Å²) in [4.78, 5) is 9.21. The van der Waals surface area contributed by atoms with Gasteiger partial charge in [0.05, 0.1) is 16.6 Å². The summed E-state index contributed by atoms with van der Waals surface area (Å²) >= 11 is 3.44. The molecule has 1 rings (SSSR count). The Hall–Kier alpha value is 0.0400. The van der Waals surface area contributed by atoms with Crippen molar-refractivity contribution in [3.63, 3.8) is 0 Å². The third-order valence-corrected chi connectivity index (χ3v) is 3.48. The number of thioether (sulfide) groups is 2. The highest BCUT2D eigenvalue weighted by Crippen LogP contribution is 2.21. The molecule has 0 bridgehead atoms. The van der Waals surface area contributed by atoms with Crippen molar-refractivity contribution < 1.29 is 0 Å². The summed E-state index contributed by atoms with van der Waals surface area (Å²) in [5.74, 6) is 0.550. The molecule has 0 N–H and O–H groups in total. The molecule has 1 atom stereocenters. The molecule has 0 saturated heterocycles. The van der Waals surface area contributed by atoms with E-state index >= 15 is 0 Å². The molecule has 0 radical (unpaired) electrons. The Morgan fingerprint density at radius 1 is 1.31 bits per heavy atom. The van der Waals surface area contributed by atoms with Crippen LogP contribution in [0.15, 0.2) is 9.98 Å². The van der Waals surface area contributed by atoms with Gasteiger partial charge < -0.3 is 0 Å². The topological polar surface area (TPSA) is 24.7 Å². The second kappa shape index (κ2) is 5.05. The highest BCUT2D eigenvalue weighted by Gasteiger charge is 2.22. The van der Waals surface area contributed by atoms with E-state index in [1.54, 1.807) is 23.5 Å². The van der Waals surface area contributed by atoms with Gasteiger partial charge in [-0.15, -0.1) is 23.5 Å². The molecule has 1 heterocycles. The van der Waals surface area contributed by atoms with Gasteiger partial charge in [0, 0.05) is 0 Å². The molecule has 0 aromatic rings. The predicted octanol–water partition coefficient (Wildman–Crippen LogP) is 2.55. The molecule has 4 heteroatoms. The maximum Gasteiger partial charge on any atom is 0.101 e. The summed E-state index contributed by atoms with van der Waals surface area (Å²) < 4.78 is 0. The lowest BCUT2D eigenvalue weighted by atomic mass is 10.1. The molecule has 0 aromatic carbocycles. The first-order valence-corrected chi connectivity index (χ1v) is 6.83. The summed E-state index contributed by atoms with van der Waals surface area (Å²) in [5, 5.41) is 2.35. The molecule has 0 amide bonds. The predicted molar refractivity (Wildman–Crippen MR) is 65.4 cm³/mol. The Morgan fingerprint density at radius 2 is 2.00 bits per heavy atom. The molecule has 1 aliphatic heterocycles. The van der Waals surface area contributed by atoms with E-state index in [9.17, 15) is 0 Å². The van der Waals surface area contributed by atoms with Gasteiger partial charge in [0.15, 0.2) is 0 Å². The third-order valence-electron chi connectivity index (χ3n) is 1.98. The Morgan fingerprint density at radius 3 is 2.46 bits per heavy atom. The van der Waals surface area contributed by atoms with Crippen molar-refractivity contribution in [2.75, 3.05) is 19.1 Å². The lowest BCUT2D eigenvalue weighted by molar-refractivity contribution is 0.598. The van der Waals surface area contributed by atoms with Crippen LogP contribution in [0.4, 0.5) is 0 Å². The van der Waals surface area contributed by atoms with E-state index in [0.29, 0.717) is 12.0 Å². The average molecular weight is 216 g/mol. The van der Waals surface area contributed by atoms with E-state index in [4.69, 9.17) is 0 Å². The van der Waals surface area contributed by atoms with Crippen molar-refractivity contribution in [2.45, 2.75) is 19.9 Å². The van der Waals surface area contributed by atoms with Crippen molar-refractivity contribution in [1.29, 1.82) is 0 Å². The van der Waals surface area contributed by atoms with Gasteiger partial charge in [-0.3, -0.25) is 9.98 Å². The van der Waals surface area contributed by atoms with Crippen molar-refractivity contribution in [3.8, 4) is 0 Å². The maximum atomic E-state index is 4.68. The molecule has 0 fully saturated rings. The van der Waals surface area contributed by atoms with Gasteiger partial charge in [0.1, 0.15) is 6.04 Å². The van der Waals surface area contributed by atoms with E-state index < -0.39 is 0 Å². The van der Waals surface area contributed by atoms with Crippen LogP contribution < -0.4 is 0 Å². The summed E-state index contributed by atoms with van der Waals surface area (Å²) in [7, 11) is 0. The largest absolute Gasteiger partial charge is 0.274 e. The molecular formula is C9H16N2S2. The van der Waals surface area contributed by atoms with E-state index in [0.717, 1.165) is 11.6 Å². The van der Waals surface area contributed by atoms with Crippen molar-refractivity contribution >= 4 is 33.6 Å². The minimum atomic E-state index is 0.297. The Labute approximate surface area is 88.7 Å². The fourth-order valence-electron chi connectivity index (χ4n) is 1.23. The fraction of sp³-hybridized carbons (Fsp3) is 0.778. The fourth-order valence-corrected chi connectivity index (χ4v) is 2.40. The average Bonchev–Trinajstić information content (AvgIpc) is 2.16. The van der Waals surface area contributed by atoms with Gasteiger partial charge in [-0.25, -0.2) is 0 Å². The van der Waals surface area contributed by atoms with E-state index in [2.05, 4.69) is 36.3 Å². The highest BCUT2D eigenvalue weighted by molar-refractivity contribution is 8.14. The molecule has 0 aromatic heterocycles. The van der Waals surface area contributed by atoms with Crippen LogP contribution in [-0.2, 0) is 0 Å². The van der Waals surface area contributed by atoms with Gasteiger partial charge in [-0.05, 0) is 18.4 Å². The zero-order chi connectivity index (χ0) is 9.84. The minimum absolute atomic E-state index is 0.297. The second-order valence-electron chi connectivity index (χ2n) is 3.27. The van der Waals surface area contributed by atoms with Crippen LogP contribution in [0.3, 0.4) is 0 Å². The monoisotopic (exact) mass is 216 g/mol. The van der Waals surface area contributed by atoms with Gasteiger partial charge in [-0.1, -0.05) is 13.8 Å². The first-order valence-electron chi connectivity index (χ1n) is 4.38. The first-order chi connectivity index (χ1) is 6.19. The van der Waals surface area contributed by atoms with E-state index in [-0.39, 0.29) is 0 Å². The summed E-state index contributed by atoms with van der Waals surface area (Å²) in [6.07, 6.45) is 4.14. The molecule has 0 aliphatic carbocycles. The summed E-state index contributed by atoms with van der Waals surface area (Å²) in [5.41, 5.74) is 0. The molecule has 0 saturated carbocycles. The standard InChI is InChI=1S/C9H16N2S2/c1-6(2)8-9(13-4)10-5-7(11-8)12-3/h6,8H,5H2,1-4H3. The second-order valence-corrected chi connectivity index (χ2v) is 4.98. The summed E-state index contributed by atoms with van der Waals surface area (Å²) in [6.45, 7) is 5.17. The number of hydrogen-bond donors (Lipinski definition) is 0. The Bertz CT molecular complexity index is 234. The molecule has 1 unspecified atom stereocenters. The van der Waals surface area contributed by atoms with Gasteiger partial charge in [-0.2, -0.15) is 0 Å². The van der Waals surface area contributed by atoms with Crippen molar-refractivity contribution in [2.24, 2.45) is 15.9 Å². The van der Waals surface area contributed by atoms with Crippen LogP contribution in [0.5, 0.6) is 0 Å². The highest BCUT2D eigenvalue weighted by atomic mass is 32.2. The minimum Gasteiger partial charge on any atom is -0.274 e. The van der Waals surface area contributed by atoms with Crippen molar-refractivity contribution in [1.82, 2.24) is 0 Å². The number of aliphatic imine (C=N–C) groups is 2. The Balaban J connectivity index is 2.78. The Kier molecular flexibility index (Phi) is 4.32. The van der Waals surface area contributed by atoms with Crippen LogP contribution in [0.25, 0.3) is 0 Å². The zero-order valence-corrected chi connectivity index (χ0v) is 10.2. The van der Waals surface area contributed by atoms with Crippen LogP contribution in [-0.4, -0.2) is 35.2 Å². The summed E-state index contributed by atoms with van der Waals surface area (Å²) in [6, 6.07) is 0.297. The van der Waals surface area contributed by atoms with E-state index in [1.165, 1.54) is 5.04 Å². The smallest absolute Gasteiger partial charge is 0.101 e. The number of rotatable bonds is 1. The number of nitrogens with zero attached hydrogens (tertiary/aromatic N) is 2. The molecule has 74 valence electrons. The van der Waals surface area contributed by atoms with Crippen LogP contribution in [0.2, 0.25) is 0 Å². The van der Waals surface area contributed by atoms with Gasteiger partial charge in [0.25, 0.3) is 0 Å². The van der Waals surface area contributed by atoms with E-state index in [1.807, 2.05) is 0 Å². The first kappa shape index (κ1) is 11.1. The molecule has 1 aliphatic rings. The molecule has 13 heavy (non-hydrogen) atoms. The lowest BCUT2D eigenvalue weighted by Crippen LogP contribution is -2.28. The van der Waals surface area contributed by atoms with Crippen LogP contribution >= 0.6 is 23.5 Å². The van der Waals surface area contributed by atoms with Crippen LogP contribution in [0, 0.1) is 5.92 Å². The molecule has 0 spiro atoms. The molecule has 2 nitrogen and oxygen atoms in total. The normalized spacial score (nSPS) is 23.0. The van der Waals surface area contributed by atoms with Crippen molar-refractivity contribution in [3.05, 3.63) is 0 Å². The SMILES string of the molecule is CSC1=NC(C(C)C)C(SC)=NC1. The third kappa shape index (κ3) is 2.74. The van der Waals surface area contributed by atoms with Gasteiger partial charge >= 0.3 is 0 Å². The number of hydrogen-bond acceptors (Lipinski definition) is 4. The van der Waals surface area contributed by atoms with Crippen LogP contribution in [0.1, 0.15) is 13.8 Å². The van der Waals surface area contributed by atoms with Gasteiger partial charge in [0.2, 0.25) is 0 Å². The quantitative estimate of drug-likeness (QED) is 0.673. The lowest BCUT2D eigenvalue weighted by Gasteiger charge is -2.22. The molecular weight excluding hydrogens is 200 g/mol. The zero-order valence-electron chi connectivity index (χ0n) is 8.57. The maximum absolute atomic E-state index is 4.68.